The molecule has 0 spiro atoms. The maximum atomic E-state index is 13.0. The van der Waals surface area contributed by atoms with Crippen molar-refractivity contribution in [3.8, 4) is 0 Å². The van der Waals surface area contributed by atoms with E-state index in [-0.39, 0.29) is 6.04 Å². The molecule has 4 nitrogen and oxygen atoms in total. The van der Waals surface area contributed by atoms with Crippen LogP contribution in [0.1, 0.15) is 29.1 Å². The van der Waals surface area contributed by atoms with Crippen LogP contribution in [-0.4, -0.2) is 24.8 Å². The van der Waals surface area contributed by atoms with E-state index in [0.29, 0.717) is 4.90 Å². The second kappa shape index (κ2) is 6.27. The number of aromatic nitrogens is 1. The summed E-state index contributed by atoms with van der Waals surface area (Å²) in [4.78, 5) is 4.94. The molecule has 1 heterocycles. The molecule has 2 aromatic carbocycles. The number of nitrogens with zero attached hydrogens (tertiary/aromatic N) is 2. The van der Waals surface area contributed by atoms with Crippen molar-refractivity contribution in [2.75, 3.05) is 7.05 Å². The lowest BCUT2D eigenvalue weighted by Gasteiger charge is -2.23. The van der Waals surface area contributed by atoms with Crippen LogP contribution in [0.25, 0.3) is 10.2 Å². The third-order valence-electron chi connectivity index (χ3n) is 4.20. The molecule has 3 aromatic rings. The van der Waals surface area contributed by atoms with Gasteiger partial charge in [-0.25, -0.2) is 13.4 Å². The molecular weight excluding hydrogens is 340 g/mol. The summed E-state index contributed by atoms with van der Waals surface area (Å²) < 4.78 is 28.5. The highest BCUT2D eigenvalue weighted by Gasteiger charge is 2.29. The highest BCUT2D eigenvalue weighted by Crippen LogP contribution is 2.32. The first-order valence-electron chi connectivity index (χ1n) is 7.71. The van der Waals surface area contributed by atoms with Gasteiger partial charge < -0.3 is 0 Å². The first-order valence-corrected chi connectivity index (χ1v) is 9.97. The Labute approximate surface area is 146 Å². The SMILES string of the molecule is Cc1ccc(S(=O)(=O)N(C)[C@H](C)c2nc3ccccc3s2)c(C)c1. The van der Waals surface area contributed by atoms with Crippen molar-refractivity contribution in [2.45, 2.75) is 31.7 Å². The molecule has 1 aromatic heterocycles. The molecule has 0 aliphatic carbocycles. The largest absolute Gasteiger partial charge is 0.243 e. The lowest BCUT2D eigenvalue weighted by Crippen LogP contribution is -2.30. The van der Waals surface area contributed by atoms with Crippen LogP contribution in [0.2, 0.25) is 0 Å². The average molecular weight is 361 g/mol. The van der Waals surface area contributed by atoms with Crippen molar-refractivity contribution in [2.24, 2.45) is 0 Å². The highest BCUT2D eigenvalue weighted by atomic mass is 32.2. The summed E-state index contributed by atoms with van der Waals surface area (Å²) in [5, 5.41) is 0.798. The molecule has 0 saturated carbocycles. The molecule has 24 heavy (non-hydrogen) atoms. The summed E-state index contributed by atoms with van der Waals surface area (Å²) >= 11 is 1.53. The number of thiazole rings is 1. The van der Waals surface area contributed by atoms with Crippen LogP contribution in [0.5, 0.6) is 0 Å². The Morgan fingerprint density at radius 2 is 1.83 bits per heavy atom. The lowest BCUT2D eigenvalue weighted by atomic mass is 10.2. The lowest BCUT2D eigenvalue weighted by molar-refractivity contribution is 0.397. The van der Waals surface area contributed by atoms with Crippen LogP contribution < -0.4 is 0 Å². The van der Waals surface area contributed by atoms with E-state index in [2.05, 4.69) is 4.98 Å². The Morgan fingerprint density at radius 3 is 2.50 bits per heavy atom. The monoisotopic (exact) mass is 360 g/mol. The van der Waals surface area contributed by atoms with Gasteiger partial charge in [0.2, 0.25) is 10.0 Å². The molecule has 0 saturated heterocycles. The van der Waals surface area contributed by atoms with Gasteiger partial charge in [0.05, 0.1) is 21.2 Å². The van der Waals surface area contributed by atoms with Gasteiger partial charge in [-0.1, -0.05) is 29.8 Å². The van der Waals surface area contributed by atoms with E-state index < -0.39 is 10.0 Å². The van der Waals surface area contributed by atoms with Crippen LogP contribution in [0, 0.1) is 13.8 Å². The Hall–Kier alpha value is -1.76. The van der Waals surface area contributed by atoms with Crippen molar-refractivity contribution >= 4 is 31.6 Å². The maximum absolute atomic E-state index is 13.0. The summed E-state index contributed by atoms with van der Waals surface area (Å²) in [5.41, 5.74) is 2.72. The molecule has 6 heteroatoms. The normalized spacial score (nSPS) is 13.5. The van der Waals surface area contributed by atoms with Gasteiger partial charge in [0, 0.05) is 7.05 Å². The number of fused-ring (bicyclic) bond motifs is 1. The quantitative estimate of drug-likeness (QED) is 0.697. The molecule has 1 atom stereocenters. The molecular formula is C18H20N2O2S2. The Bertz CT molecular complexity index is 960. The fourth-order valence-corrected chi connectivity index (χ4v) is 5.34. The zero-order valence-electron chi connectivity index (χ0n) is 14.1. The zero-order chi connectivity index (χ0) is 17.5. The minimum absolute atomic E-state index is 0.326. The van der Waals surface area contributed by atoms with Gasteiger partial charge in [-0.15, -0.1) is 11.3 Å². The zero-order valence-corrected chi connectivity index (χ0v) is 15.8. The molecule has 0 amide bonds. The molecule has 0 aliphatic heterocycles. The van der Waals surface area contributed by atoms with Crippen molar-refractivity contribution in [1.29, 1.82) is 0 Å². The van der Waals surface area contributed by atoms with Crippen molar-refractivity contribution < 1.29 is 8.42 Å². The summed E-state index contributed by atoms with van der Waals surface area (Å²) in [6, 6.07) is 12.9. The number of hydrogen-bond acceptors (Lipinski definition) is 4. The first-order chi connectivity index (χ1) is 11.3. The van der Waals surface area contributed by atoms with Gasteiger partial charge in [-0.2, -0.15) is 4.31 Å². The number of aryl methyl sites for hydroxylation is 2. The Balaban J connectivity index is 1.98. The molecule has 3 rings (SSSR count). The number of rotatable bonds is 4. The molecule has 0 N–H and O–H groups in total. The summed E-state index contributed by atoms with van der Waals surface area (Å²) in [6.45, 7) is 5.66. The fourth-order valence-electron chi connectivity index (χ4n) is 2.68. The van der Waals surface area contributed by atoms with E-state index in [9.17, 15) is 8.42 Å². The van der Waals surface area contributed by atoms with Crippen LogP contribution in [0.15, 0.2) is 47.4 Å². The molecule has 126 valence electrons. The van der Waals surface area contributed by atoms with Gasteiger partial charge in [-0.3, -0.25) is 0 Å². The smallest absolute Gasteiger partial charge is 0.239 e. The predicted molar refractivity (Wildman–Crippen MR) is 98.9 cm³/mol. The van der Waals surface area contributed by atoms with E-state index >= 15 is 0 Å². The summed E-state index contributed by atoms with van der Waals surface area (Å²) in [7, 11) is -1.95. The number of hydrogen-bond donors (Lipinski definition) is 0. The minimum atomic E-state index is -3.57. The summed E-state index contributed by atoms with van der Waals surface area (Å²) in [5.74, 6) is 0. The van der Waals surface area contributed by atoms with Gasteiger partial charge in [0.15, 0.2) is 0 Å². The van der Waals surface area contributed by atoms with Crippen LogP contribution in [0.3, 0.4) is 0 Å². The van der Waals surface area contributed by atoms with Crippen molar-refractivity contribution in [3.63, 3.8) is 0 Å². The second-order valence-electron chi connectivity index (χ2n) is 5.99. The third-order valence-corrected chi connectivity index (χ3v) is 7.50. The molecule has 0 radical (unpaired) electrons. The molecule has 0 fully saturated rings. The van der Waals surface area contributed by atoms with Gasteiger partial charge in [0.1, 0.15) is 5.01 Å². The Kier molecular flexibility index (Phi) is 4.46. The number of benzene rings is 2. The van der Waals surface area contributed by atoms with E-state index in [1.165, 1.54) is 15.6 Å². The molecule has 0 bridgehead atoms. The van der Waals surface area contributed by atoms with E-state index in [1.807, 2.05) is 57.2 Å². The standard InChI is InChI=1S/C18H20N2O2S2/c1-12-9-10-17(13(2)11-12)24(21,22)20(4)14(3)18-19-15-7-5-6-8-16(15)23-18/h5-11,14H,1-4H3/t14-/m1/s1. The van der Waals surface area contributed by atoms with E-state index in [0.717, 1.165) is 26.4 Å². The maximum Gasteiger partial charge on any atom is 0.243 e. The first kappa shape index (κ1) is 17.1. The van der Waals surface area contributed by atoms with Gasteiger partial charge in [-0.05, 0) is 44.5 Å². The highest BCUT2D eigenvalue weighted by molar-refractivity contribution is 7.89. The number of para-hydroxylation sites is 1. The van der Waals surface area contributed by atoms with Crippen LogP contribution >= 0.6 is 11.3 Å². The van der Waals surface area contributed by atoms with Crippen LogP contribution in [-0.2, 0) is 10.0 Å². The van der Waals surface area contributed by atoms with Crippen molar-refractivity contribution in [1.82, 2.24) is 9.29 Å². The topological polar surface area (TPSA) is 50.3 Å². The fraction of sp³-hybridized carbons (Fsp3) is 0.278. The molecule has 0 aliphatic rings. The van der Waals surface area contributed by atoms with Crippen LogP contribution in [0.4, 0.5) is 0 Å². The average Bonchev–Trinajstić information content (AvgIpc) is 2.97. The summed E-state index contributed by atoms with van der Waals surface area (Å²) in [6.07, 6.45) is 0. The predicted octanol–water partition coefficient (Wildman–Crippen LogP) is 4.29. The van der Waals surface area contributed by atoms with E-state index in [1.54, 1.807) is 13.1 Å². The molecule has 0 unspecified atom stereocenters. The Morgan fingerprint density at radius 1 is 1.12 bits per heavy atom. The van der Waals surface area contributed by atoms with Gasteiger partial charge in [0.25, 0.3) is 0 Å². The second-order valence-corrected chi connectivity index (χ2v) is 9.01. The van der Waals surface area contributed by atoms with Gasteiger partial charge >= 0.3 is 0 Å². The third kappa shape index (κ3) is 2.97. The van der Waals surface area contributed by atoms with Crippen molar-refractivity contribution in [3.05, 3.63) is 58.6 Å². The number of sulfonamides is 1. The minimum Gasteiger partial charge on any atom is -0.239 e. The van der Waals surface area contributed by atoms with E-state index in [4.69, 9.17) is 0 Å².